The van der Waals surface area contributed by atoms with Crippen LogP contribution in [0.25, 0.3) is 0 Å². The topological polar surface area (TPSA) is 125 Å². The van der Waals surface area contributed by atoms with Crippen LogP contribution in [0.4, 0.5) is 0 Å². The van der Waals surface area contributed by atoms with Gasteiger partial charge in [-0.3, -0.25) is 24.1 Å². The van der Waals surface area contributed by atoms with Crippen molar-refractivity contribution in [3.8, 4) is 0 Å². The lowest BCUT2D eigenvalue weighted by Gasteiger charge is -2.42. The molecular formula is C21H33N5O4. The fraction of sp³-hybridized carbons (Fsp3) is 0.714. The quantitative estimate of drug-likeness (QED) is 0.521. The van der Waals surface area contributed by atoms with Gasteiger partial charge in [-0.05, 0) is 51.6 Å². The van der Waals surface area contributed by atoms with Crippen LogP contribution in [0.3, 0.4) is 0 Å². The Morgan fingerprint density at radius 3 is 2.60 bits per heavy atom. The first-order chi connectivity index (χ1) is 14.3. The van der Waals surface area contributed by atoms with Crippen molar-refractivity contribution in [1.82, 2.24) is 20.4 Å². The second kappa shape index (κ2) is 9.59. The van der Waals surface area contributed by atoms with Crippen LogP contribution in [0.15, 0.2) is 12.2 Å². The van der Waals surface area contributed by atoms with Crippen molar-refractivity contribution in [3.63, 3.8) is 0 Å². The summed E-state index contributed by atoms with van der Waals surface area (Å²) in [5.41, 5.74) is 4.69. The number of hydrogen-bond donors (Lipinski definition) is 3. The number of nitrogens with one attached hydrogen (secondary N) is 2. The Hall–Kier alpha value is -2.42. The number of rotatable bonds is 2. The molecule has 30 heavy (non-hydrogen) atoms. The van der Waals surface area contributed by atoms with Gasteiger partial charge in [-0.15, -0.1) is 0 Å². The summed E-state index contributed by atoms with van der Waals surface area (Å²) in [5, 5.41) is 5.84. The molecule has 2 atom stereocenters. The number of likely N-dealkylation sites (tertiary alicyclic amines) is 2. The van der Waals surface area contributed by atoms with Gasteiger partial charge >= 0.3 is 0 Å². The molecular weight excluding hydrogens is 386 g/mol. The van der Waals surface area contributed by atoms with E-state index in [9.17, 15) is 19.2 Å². The van der Waals surface area contributed by atoms with Crippen molar-refractivity contribution < 1.29 is 19.2 Å². The van der Waals surface area contributed by atoms with Crippen LogP contribution in [-0.2, 0) is 19.2 Å². The van der Waals surface area contributed by atoms with Gasteiger partial charge in [-0.1, -0.05) is 12.2 Å². The largest absolute Gasteiger partial charge is 0.369 e. The highest BCUT2D eigenvalue weighted by molar-refractivity contribution is 5.88. The summed E-state index contributed by atoms with van der Waals surface area (Å²) in [6, 6.07) is -0.179. The van der Waals surface area contributed by atoms with Crippen LogP contribution in [-0.4, -0.2) is 78.2 Å². The molecule has 0 aromatic heterocycles. The Balaban J connectivity index is 1.75. The molecule has 3 aliphatic heterocycles. The summed E-state index contributed by atoms with van der Waals surface area (Å²) in [4.78, 5) is 52.6. The van der Waals surface area contributed by atoms with Crippen LogP contribution >= 0.6 is 0 Å². The smallest absolute Gasteiger partial charge is 0.239 e. The van der Waals surface area contributed by atoms with Crippen molar-refractivity contribution in [3.05, 3.63) is 12.2 Å². The number of nitrogens with zero attached hydrogens (tertiary/aromatic N) is 2. The molecule has 3 aliphatic rings. The average molecular weight is 420 g/mol. The van der Waals surface area contributed by atoms with E-state index in [-0.39, 0.29) is 48.8 Å². The van der Waals surface area contributed by atoms with Gasteiger partial charge in [-0.2, -0.15) is 0 Å². The lowest BCUT2D eigenvalue weighted by Crippen LogP contribution is -2.58. The number of amides is 4. The monoisotopic (exact) mass is 419 g/mol. The van der Waals surface area contributed by atoms with Crippen LogP contribution in [0.1, 0.15) is 45.4 Å². The van der Waals surface area contributed by atoms with Gasteiger partial charge in [0.05, 0.1) is 24.5 Å². The zero-order valence-electron chi connectivity index (χ0n) is 17.7. The molecule has 9 nitrogen and oxygen atoms in total. The molecule has 166 valence electrons. The highest BCUT2D eigenvalue weighted by atomic mass is 16.2. The second-order valence-corrected chi connectivity index (χ2v) is 8.71. The number of primary amides is 1. The predicted octanol–water partition coefficient (Wildman–Crippen LogP) is -0.484. The molecule has 3 heterocycles. The van der Waals surface area contributed by atoms with E-state index in [1.54, 1.807) is 6.92 Å². The molecule has 3 rings (SSSR count). The highest BCUT2D eigenvalue weighted by Gasteiger charge is 2.41. The summed E-state index contributed by atoms with van der Waals surface area (Å²) in [7, 11) is 0. The fourth-order valence-corrected chi connectivity index (χ4v) is 4.94. The summed E-state index contributed by atoms with van der Waals surface area (Å²) in [6.45, 7) is 3.62. The van der Waals surface area contributed by atoms with Gasteiger partial charge in [0.2, 0.25) is 23.6 Å². The predicted molar refractivity (Wildman–Crippen MR) is 111 cm³/mol. The molecule has 2 saturated heterocycles. The highest BCUT2D eigenvalue weighted by Crippen LogP contribution is 2.36. The second-order valence-electron chi connectivity index (χ2n) is 8.71. The first kappa shape index (κ1) is 22.3. The zero-order valence-corrected chi connectivity index (χ0v) is 17.7. The molecule has 0 saturated carbocycles. The number of allylic oxidation sites excluding steroid dienone is 1. The van der Waals surface area contributed by atoms with Crippen LogP contribution in [0.2, 0.25) is 0 Å². The molecule has 9 heteroatoms. The third-order valence-corrected chi connectivity index (χ3v) is 6.67. The van der Waals surface area contributed by atoms with Gasteiger partial charge in [0.1, 0.15) is 0 Å². The molecule has 0 aromatic carbocycles. The van der Waals surface area contributed by atoms with Gasteiger partial charge < -0.3 is 21.3 Å². The van der Waals surface area contributed by atoms with E-state index in [1.807, 2.05) is 22.0 Å². The first-order valence-electron chi connectivity index (χ1n) is 10.8. The maximum atomic E-state index is 13.0. The molecule has 0 aliphatic carbocycles. The maximum absolute atomic E-state index is 13.0. The van der Waals surface area contributed by atoms with Crippen molar-refractivity contribution in [2.24, 2.45) is 11.1 Å². The average Bonchev–Trinajstić information content (AvgIpc) is 2.70. The minimum Gasteiger partial charge on any atom is -0.369 e. The molecule has 0 bridgehead atoms. The molecule has 0 unspecified atom stereocenters. The van der Waals surface area contributed by atoms with Gasteiger partial charge in [-0.25, -0.2) is 0 Å². The lowest BCUT2D eigenvalue weighted by molar-refractivity contribution is -0.136. The Morgan fingerprint density at radius 2 is 1.93 bits per heavy atom. The SMILES string of the molecule is CC(=O)N1CCC[C@H]2NC(=O)CNC(=O)C3(CC=CC[C@H]21)CCN(CC(N)=O)CC3. The summed E-state index contributed by atoms with van der Waals surface area (Å²) in [5.74, 6) is -0.699. The van der Waals surface area contributed by atoms with Crippen LogP contribution in [0.5, 0.6) is 0 Å². The number of fused-ring (bicyclic) bond motifs is 1. The lowest BCUT2D eigenvalue weighted by atomic mass is 9.74. The van der Waals surface area contributed by atoms with E-state index in [1.165, 1.54) is 0 Å². The summed E-state index contributed by atoms with van der Waals surface area (Å²) in [6.07, 6.45) is 8.17. The van der Waals surface area contributed by atoms with E-state index in [0.29, 0.717) is 45.3 Å². The van der Waals surface area contributed by atoms with Crippen molar-refractivity contribution >= 4 is 23.6 Å². The van der Waals surface area contributed by atoms with Crippen LogP contribution < -0.4 is 16.4 Å². The van der Waals surface area contributed by atoms with Crippen molar-refractivity contribution in [2.75, 3.05) is 32.7 Å². The van der Waals surface area contributed by atoms with Gasteiger partial charge in [0, 0.05) is 19.5 Å². The Bertz CT molecular complexity index is 714. The number of carbonyl (C=O) groups excluding carboxylic acids is 4. The molecule has 0 aromatic rings. The molecule has 4 N–H and O–H groups in total. The number of hydrogen-bond acceptors (Lipinski definition) is 5. The van der Waals surface area contributed by atoms with Gasteiger partial charge in [0.15, 0.2) is 0 Å². The van der Waals surface area contributed by atoms with E-state index in [2.05, 4.69) is 10.6 Å². The first-order valence-corrected chi connectivity index (χ1v) is 10.8. The molecule has 4 amide bonds. The Labute approximate surface area is 177 Å². The van der Waals surface area contributed by atoms with E-state index >= 15 is 0 Å². The standard InChI is InChI=1S/C21H33N5O4/c1-15(27)26-10-4-5-16-17(26)6-2-3-7-21(20(30)23-13-19(29)24-16)8-11-25(12-9-21)14-18(22)28/h2-3,16-17H,4-14H2,1H3,(H2,22,28)(H,23,30)(H,24,29)/t16-,17-/m1/s1. The summed E-state index contributed by atoms with van der Waals surface area (Å²) >= 11 is 0. The van der Waals surface area contributed by atoms with Crippen LogP contribution in [0, 0.1) is 5.41 Å². The van der Waals surface area contributed by atoms with Crippen molar-refractivity contribution in [1.29, 1.82) is 0 Å². The fourth-order valence-electron chi connectivity index (χ4n) is 4.94. The third kappa shape index (κ3) is 5.19. The molecule has 2 fully saturated rings. The minimum absolute atomic E-state index is 0.0195. The number of carbonyl (C=O) groups is 4. The third-order valence-electron chi connectivity index (χ3n) is 6.67. The van der Waals surface area contributed by atoms with E-state index in [0.717, 1.165) is 12.8 Å². The number of nitrogens with two attached hydrogens (primary N) is 1. The minimum atomic E-state index is -0.601. The normalized spacial score (nSPS) is 28.0. The van der Waals surface area contributed by atoms with Crippen molar-refractivity contribution in [2.45, 2.75) is 57.5 Å². The van der Waals surface area contributed by atoms with E-state index in [4.69, 9.17) is 5.73 Å². The number of piperidine rings is 2. The molecule has 1 spiro atoms. The zero-order chi connectivity index (χ0) is 21.7. The van der Waals surface area contributed by atoms with Gasteiger partial charge in [0.25, 0.3) is 0 Å². The molecule has 0 radical (unpaired) electrons. The summed E-state index contributed by atoms with van der Waals surface area (Å²) < 4.78 is 0. The van der Waals surface area contributed by atoms with E-state index < -0.39 is 5.41 Å². The maximum Gasteiger partial charge on any atom is 0.239 e. The Morgan fingerprint density at radius 1 is 1.20 bits per heavy atom. The Kier molecular flexibility index (Phi) is 7.12.